The second kappa shape index (κ2) is 10.2. The Hall–Kier alpha value is -3.23. The first-order valence-corrected chi connectivity index (χ1v) is 12.2. The molecule has 2 aromatic carbocycles. The minimum absolute atomic E-state index is 0.587. The van der Waals surface area contributed by atoms with Crippen molar-refractivity contribution in [2.45, 2.75) is 20.0 Å². The highest BCUT2D eigenvalue weighted by Crippen LogP contribution is 2.34. The van der Waals surface area contributed by atoms with Gasteiger partial charge in [0.25, 0.3) is 0 Å². The van der Waals surface area contributed by atoms with Crippen LogP contribution in [0.2, 0.25) is 5.02 Å². The molecular weight excluding hydrogens is 464 g/mol. The lowest BCUT2D eigenvalue weighted by molar-refractivity contribution is 0.260. The quantitative estimate of drug-likeness (QED) is 0.368. The Morgan fingerprint density at radius 1 is 1.03 bits per heavy atom. The van der Waals surface area contributed by atoms with Gasteiger partial charge in [-0.3, -0.25) is 4.90 Å². The molecule has 35 heavy (non-hydrogen) atoms. The fourth-order valence-electron chi connectivity index (χ4n) is 4.80. The summed E-state index contributed by atoms with van der Waals surface area (Å²) in [6.45, 7) is 7.63. The molecule has 1 aliphatic heterocycles. The molecular formula is C26H31ClN6O2. The van der Waals surface area contributed by atoms with Gasteiger partial charge in [-0.1, -0.05) is 17.7 Å². The van der Waals surface area contributed by atoms with Crippen molar-refractivity contribution in [3.05, 3.63) is 65.3 Å². The molecule has 9 heteroatoms. The zero-order chi connectivity index (χ0) is 24.4. The number of anilines is 1. The maximum Gasteiger partial charge on any atom is 0.162 e. The van der Waals surface area contributed by atoms with Crippen LogP contribution in [0.5, 0.6) is 11.5 Å². The average Bonchev–Trinajstić information content (AvgIpc) is 3.52. The van der Waals surface area contributed by atoms with Crippen LogP contribution in [0.15, 0.2) is 49.1 Å². The Bertz CT molecular complexity index is 1300. The predicted octanol–water partition coefficient (Wildman–Crippen LogP) is 4.08. The molecule has 0 spiro atoms. The van der Waals surface area contributed by atoms with Crippen molar-refractivity contribution in [1.82, 2.24) is 24.2 Å². The van der Waals surface area contributed by atoms with Crippen LogP contribution in [0.3, 0.4) is 0 Å². The maximum atomic E-state index is 6.35. The normalized spacial score (nSPS) is 14.6. The van der Waals surface area contributed by atoms with Gasteiger partial charge in [-0.05, 0) is 30.7 Å². The topological polar surface area (TPSA) is 60.6 Å². The zero-order valence-corrected chi connectivity index (χ0v) is 21.2. The van der Waals surface area contributed by atoms with Crippen molar-refractivity contribution in [2.24, 2.45) is 0 Å². The number of ether oxygens (including phenoxy) is 2. The minimum Gasteiger partial charge on any atom is -0.493 e. The Kier molecular flexibility index (Phi) is 6.83. The number of halogens is 1. The number of hydrogen-bond acceptors (Lipinski definition) is 6. The number of benzene rings is 2. The van der Waals surface area contributed by atoms with E-state index in [1.807, 2.05) is 39.7 Å². The number of piperazine rings is 1. The van der Waals surface area contributed by atoms with Crippen LogP contribution in [0.4, 0.5) is 5.69 Å². The fraction of sp³-hybridized carbons (Fsp3) is 0.385. The number of nitrogens with zero attached hydrogens (tertiary/aromatic N) is 6. The molecule has 0 N–H and O–H groups in total. The van der Waals surface area contributed by atoms with Gasteiger partial charge < -0.3 is 18.9 Å². The van der Waals surface area contributed by atoms with Crippen molar-refractivity contribution in [1.29, 1.82) is 0 Å². The van der Waals surface area contributed by atoms with Crippen LogP contribution in [-0.2, 0) is 13.1 Å². The van der Waals surface area contributed by atoms with Crippen LogP contribution < -0.4 is 14.4 Å². The van der Waals surface area contributed by atoms with E-state index in [0.717, 1.165) is 66.3 Å². The number of methoxy groups -OCH3 is 2. The first-order chi connectivity index (χ1) is 17.1. The first-order valence-electron chi connectivity index (χ1n) is 11.9. The molecule has 1 saturated heterocycles. The molecule has 0 aliphatic carbocycles. The SMILES string of the molecule is COc1cc2c(CCN3CCN(c4cccc(Cl)c4C)CC3)nn(Cn3ccnc3)c2cc1OC. The summed E-state index contributed by atoms with van der Waals surface area (Å²) < 4.78 is 15.1. The summed E-state index contributed by atoms with van der Waals surface area (Å²) in [6.07, 6.45) is 6.38. The average molecular weight is 495 g/mol. The molecule has 5 rings (SSSR count). The van der Waals surface area contributed by atoms with E-state index in [0.29, 0.717) is 18.2 Å². The molecule has 0 amide bonds. The smallest absolute Gasteiger partial charge is 0.162 e. The summed E-state index contributed by atoms with van der Waals surface area (Å²) >= 11 is 6.35. The van der Waals surface area contributed by atoms with E-state index >= 15 is 0 Å². The summed E-state index contributed by atoms with van der Waals surface area (Å²) in [6, 6.07) is 10.2. The van der Waals surface area contributed by atoms with Gasteiger partial charge in [0.15, 0.2) is 11.5 Å². The van der Waals surface area contributed by atoms with Gasteiger partial charge in [-0.25, -0.2) is 9.67 Å². The van der Waals surface area contributed by atoms with Gasteiger partial charge in [0.05, 0.1) is 31.8 Å². The van der Waals surface area contributed by atoms with Crippen LogP contribution in [0.1, 0.15) is 11.3 Å². The molecule has 4 aromatic rings. The van der Waals surface area contributed by atoms with Crippen molar-refractivity contribution < 1.29 is 9.47 Å². The number of rotatable bonds is 8. The number of hydrogen-bond donors (Lipinski definition) is 0. The standard InChI is InChI=1S/C26H31ClN6O2/c1-19-21(27)5-4-6-23(19)32-13-11-30(12-14-32)9-7-22-20-15-25(34-2)26(35-3)16-24(20)33(29-22)18-31-10-8-28-17-31/h4-6,8,10,15-17H,7,9,11-14,18H2,1-3H3. The maximum absolute atomic E-state index is 6.35. The first kappa shape index (κ1) is 23.5. The van der Waals surface area contributed by atoms with E-state index in [-0.39, 0.29) is 0 Å². The van der Waals surface area contributed by atoms with Crippen molar-refractivity contribution in [3.8, 4) is 11.5 Å². The van der Waals surface area contributed by atoms with Crippen molar-refractivity contribution >= 4 is 28.2 Å². The van der Waals surface area contributed by atoms with E-state index in [9.17, 15) is 0 Å². The van der Waals surface area contributed by atoms with Gasteiger partial charge >= 0.3 is 0 Å². The Morgan fingerprint density at radius 2 is 1.80 bits per heavy atom. The van der Waals surface area contributed by atoms with E-state index in [2.05, 4.69) is 27.8 Å². The van der Waals surface area contributed by atoms with Gasteiger partial charge in [-0.2, -0.15) is 5.10 Å². The molecule has 2 aromatic heterocycles. The number of imidazole rings is 1. The summed E-state index contributed by atoms with van der Waals surface area (Å²) in [7, 11) is 3.33. The van der Waals surface area contributed by atoms with Crippen LogP contribution in [0, 0.1) is 6.92 Å². The minimum atomic E-state index is 0.587. The molecule has 184 valence electrons. The molecule has 1 fully saturated rings. The molecule has 3 heterocycles. The summed E-state index contributed by atoms with van der Waals surface area (Å²) in [5.74, 6) is 1.42. The third-order valence-electron chi connectivity index (χ3n) is 6.81. The lowest BCUT2D eigenvalue weighted by Crippen LogP contribution is -2.47. The third kappa shape index (κ3) is 4.81. The zero-order valence-electron chi connectivity index (χ0n) is 20.4. The lowest BCUT2D eigenvalue weighted by Gasteiger charge is -2.36. The molecule has 8 nitrogen and oxygen atoms in total. The Labute approximate surface area is 210 Å². The van der Waals surface area contributed by atoms with Gasteiger partial charge in [-0.15, -0.1) is 0 Å². The van der Waals surface area contributed by atoms with Crippen LogP contribution in [-0.4, -0.2) is 71.2 Å². The van der Waals surface area contributed by atoms with E-state index < -0.39 is 0 Å². The monoisotopic (exact) mass is 494 g/mol. The second-order valence-electron chi connectivity index (χ2n) is 8.85. The van der Waals surface area contributed by atoms with Crippen molar-refractivity contribution in [2.75, 3.05) is 51.8 Å². The fourth-order valence-corrected chi connectivity index (χ4v) is 4.97. The molecule has 0 bridgehead atoms. The second-order valence-corrected chi connectivity index (χ2v) is 9.26. The van der Waals surface area contributed by atoms with Gasteiger partial charge in [0.2, 0.25) is 0 Å². The Balaban J connectivity index is 1.32. The third-order valence-corrected chi connectivity index (χ3v) is 7.22. The highest BCUT2D eigenvalue weighted by atomic mass is 35.5. The molecule has 0 unspecified atom stereocenters. The number of fused-ring (bicyclic) bond motifs is 1. The van der Waals surface area contributed by atoms with Gasteiger partial charge in [0.1, 0.15) is 6.67 Å². The van der Waals surface area contributed by atoms with Crippen LogP contribution >= 0.6 is 11.6 Å². The van der Waals surface area contributed by atoms with Gasteiger partial charge in [0, 0.05) is 73.7 Å². The number of aromatic nitrogens is 4. The summed E-state index contributed by atoms with van der Waals surface area (Å²) in [5, 5.41) is 6.91. The van der Waals surface area contributed by atoms with E-state index in [4.69, 9.17) is 26.2 Å². The van der Waals surface area contributed by atoms with Crippen molar-refractivity contribution in [3.63, 3.8) is 0 Å². The summed E-state index contributed by atoms with van der Waals surface area (Å²) in [4.78, 5) is 9.11. The summed E-state index contributed by atoms with van der Waals surface area (Å²) in [5.41, 5.74) is 4.48. The van der Waals surface area contributed by atoms with Crippen LogP contribution in [0.25, 0.3) is 10.9 Å². The highest BCUT2D eigenvalue weighted by molar-refractivity contribution is 6.31. The molecule has 0 radical (unpaired) electrons. The van der Waals surface area contributed by atoms with E-state index in [1.54, 1.807) is 26.7 Å². The largest absolute Gasteiger partial charge is 0.493 e. The molecule has 0 atom stereocenters. The van der Waals surface area contributed by atoms with E-state index in [1.165, 1.54) is 5.69 Å². The Morgan fingerprint density at radius 3 is 2.51 bits per heavy atom. The molecule has 0 saturated carbocycles. The predicted molar refractivity (Wildman–Crippen MR) is 139 cm³/mol. The highest BCUT2D eigenvalue weighted by Gasteiger charge is 2.21. The molecule has 1 aliphatic rings. The lowest BCUT2D eigenvalue weighted by atomic mass is 10.1.